The lowest BCUT2D eigenvalue weighted by Crippen LogP contribution is -2.26. The zero-order chi connectivity index (χ0) is 14.7. The van der Waals surface area contributed by atoms with Gasteiger partial charge in [-0.3, -0.25) is 4.79 Å². The molecule has 0 saturated heterocycles. The van der Waals surface area contributed by atoms with Crippen LogP contribution in [0.3, 0.4) is 0 Å². The summed E-state index contributed by atoms with van der Waals surface area (Å²) in [5, 5.41) is 5.74. The molecule has 1 amide bonds. The van der Waals surface area contributed by atoms with Crippen molar-refractivity contribution in [3.63, 3.8) is 0 Å². The molecule has 3 aromatic rings. The lowest BCUT2D eigenvalue weighted by atomic mass is 10.1. The summed E-state index contributed by atoms with van der Waals surface area (Å²) >= 11 is 1.58. The topological polar surface area (TPSA) is 44.9 Å². The van der Waals surface area contributed by atoms with Gasteiger partial charge in [0.15, 0.2) is 0 Å². The summed E-state index contributed by atoms with van der Waals surface area (Å²) < 4.78 is 13.3. The van der Waals surface area contributed by atoms with E-state index >= 15 is 0 Å². The fourth-order valence-corrected chi connectivity index (χ4v) is 3.03. The molecule has 3 nitrogen and oxygen atoms in total. The van der Waals surface area contributed by atoms with Gasteiger partial charge in [0.05, 0.1) is 6.42 Å². The number of aromatic nitrogens is 1. The van der Waals surface area contributed by atoms with E-state index in [1.165, 1.54) is 12.1 Å². The highest BCUT2D eigenvalue weighted by atomic mass is 32.1. The molecule has 0 radical (unpaired) electrons. The molecule has 0 aliphatic heterocycles. The summed E-state index contributed by atoms with van der Waals surface area (Å²) in [4.78, 5) is 16.0. The Morgan fingerprint density at radius 3 is 3.05 bits per heavy atom. The Morgan fingerprint density at radius 2 is 2.24 bits per heavy atom. The molecule has 108 valence electrons. The van der Waals surface area contributed by atoms with E-state index in [1.807, 2.05) is 23.7 Å². The minimum absolute atomic E-state index is 0.0171. The second-order valence-corrected chi connectivity index (χ2v) is 5.89. The van der Waals surface area contributed by atoms with Crippen LogP contribution in [0.2, 0.25) is 0 Å². The number of thiophene rings is 1. The van der Waals surface area contributed by atoms with Gasteiger partial charge in [0.2, 0.25) is 5.91 Å². The second kappa shape index (κ2) is 6.10. The van der Waals surface area contributed by atoms with Gasteiger partial charge in [-0.1, -0.05) is 6.07 Å². The van der Waals surface area contributed by atoms with E-state index in [2.05, 4.69) is 10.3 Å². The first-order valence-corrected chi connectivity index (χ1v) is 7.65. The zero-order valence-electron chi connectivity index (χ0n) is 11.4. The van der Waals surface area contributed by atoms with E-state index in [-0.39, 0.29) is 11.7 Å². The molecule has 0 aliphatic rings. The summed E-state index contributed by atoms with van der Waals surface area (Å²) in [6.07, 6.45) is 2.97. The molecule has 0 atom stereocenters. The summed E-state index contributed by atoms with van der Waals surface area (Å²) in [6.45, 7) is 0.549. The van der Waals surface area contributed by atoms with Crippen molar-refractivity contribution in [3.05, 3.63) is 58.2 Å². The van der Waals surface area contributed by atoms with E-state index in [0.29, 0.717) is 19.4 Å². The Hall–Kier alpha value is -2.14. The average Bonchev–Trinajstić information content (AvgIpc) is 3.09. The Labute approximate surface area is 125 Å². The average molecular weight is 302 g/mol. The minimum atomic E-state index is -0.245. The van der Waals surface area contributed by atoms with Crippen LogP contribution in [0.15, 0.2) is 41.9 Å². The first kappa shape index (κ1) is 13.8. The summed E-state index contributed by atoms with van der Waals surface area (Å²) in [6, 6.07) is 8.57. The quantitative estimate of drug-likeness (QED) is 0.746. The molecule has 0 spiro atoms. The number of amides is 1. The maximum absolute atomic E-state index is 13.3. The monoisotopic (exact) mass is 302 g/mol. The summed E-state index contributed by atoms with van der Waals surface area (Å²) in [5.74, 6) is -0.228. The van der Waals surface area contributed by atoms with Gasteiger partial charge >= 0.3 is 0 Å². The van der Waals surface area contributed by atoms with Crippen molar-refractivity contribution in [2.75, 3.05) is 6.54 Å². The standard InChI is InChI=1S/C16H15FN2OS/c17-12-3-4-15-14(8-12)11(10-19-15)5-6-18-16(20)9-13-2-1-7-21-13/h1-4,7-8,10,19H,5-6,9H2,(H,18,20). The van der Waals surface area contributed by atoms with E-state index in [0.717, 1.165) is 21.3 Å². The minimum Gasteiger partial charge on any atom is -0.361 e. The van der Waals surface area contributed by atoms with Crippen LogP contribution in [0.1, 0.15) is 10.4 Å². The van der Waals surface area contributed by atoms with Gasteiger partial charge in [-0.2, -0.15) is 0 Å². The Kier molecular flexibility index (Phi) is 4.01. The van der Waals surface area contributed by atoms with Gasteiger partial charge in [-0.05, 0) is 41.6 Å². The maximum atomic E-state index is 13.3. The molecule has 5 heteroatoms. The molecule has 21 heavy (non-hydrogen) atoms. The van der Waals surface area contributed by atoms with E-state index < -0.39 is 0 Å². The molecule has 2 aromatic heterocycles. The number of fused-ring (bicyclic) bond motifs is 1. The third-order valence-corrected chi connectivity index (χ3v) is 4.24. The number of carbonyl (C=O) groups excluding carboxylic acids is 1. The SMILES string of the molecule is O=C(Cc1cccs1)NCCc1c[nH]c2ccc(F)cc12. The van der Waals surface area contributed by atoms with Crippen LogP contribution >= 0.6 is 11.3 Å². The Balaban J connectivity index is 1.57. The molecule has 0 bridgehead atoms. The van der Waals surface area contributed by atoms with Gasteiger partial charge in [-0.15, -0.1) is 11.3 Å². The lowest BCUT2D eigenvalue weighted by Gasteiger charge is -2.04. The van der Waals surface area contributed by atoms with E-state index in [9.17, 15) is 9.18 Å². The normalized spacial score (nSPS) is 10.9. The van der Waals surface area contributed by atoms with Crippen molar-refractivity contribution in [1.82, 2.24) is 10.3 Å². The van der Waals surface area contributed by atoms with Gasteiger partial charge in [0, 0.05) is 28.5 Å². The molecule has 1 aromatic carbocycles. The predicted octanol–water partition coefficient (Wildman–Crippen LogP) is 3.27. The van der Waals surface area contributed by atoms with Crippen molar-refractivity contribution >= 4 is 28.1 Å². The first-order chi connectivity index (χ1) is 10.2. The molecule has 3 rings (SSSR count). The van der Waals surface area contributed by atoms with Crippen LogP contribution in [0.4, 0.5) is 4.39 Å². The third kappa shape index (κ3) is 3.31. The predicted molar refractivity (Wildman–Crippen MR) is 83.0 cm³/mol. The van der Waals surface area contributed by atoms with Gasteiger partial charge in [0.1, 0.15) is 5.82 Å². The van der Waals surface area contributed by atoms with Gasteiger partial charge < -0.3 is 10.3 Å². The highest BCUT2D eigenvalue weighted by Gasteiger charge is 2.07. The molecule has 0 unspecified atom stereocenters. The van der Waals surface area contributed by atoms with E-state index in [4.69, 9.17) is 0 Å². The fraction of sp³-hybridized carbons (Fsp3) is 0.188. The van der Waals surface area contributed by atoms with Crippen molar-refractivity contribution in [2.45, 2.75) is 12.8 Å². The van der Waals surface area contributed by atoms with Gasteiger partial charge in [0.25, 0.3) is 0 Å². The van der Waals surface area contributed by atoms with Crippen LogP contribution in [0.5, 0.6) is 0 Å². The van der Waals surface area contributed by atoms with Crippen LogP contribution in [0.25, 0.3) is 10.9 Å². The molecular weight excluding hydrogens is 287 g/mol. The third-order valence-electron chi connectivity index (χ3n) is 3.36. The largest absolute Gasteiger partial charge is 0.361 e. The summed E-state index contributed by atoms with van der Waals surface area (Å²) in [7, 11) is 0. The van der Waals surface area contributed by atoms with Crippen molar-refractivity contribution < 1.29 is 9.18 Å². The number of nitrogens with one attached hydrogen (secondary N) is 2. The van der Waals surface area contributed by atoms with Crippen LogP contribution in [-0.4, -0.2) is 17.4 Å². The number of rotatable bonds is 5. The molecular formula is C16H15FN2OS. The van der Waals surface area contributed by atoms with Crippen LogP contribution in [-0.2, 0) is 17.6 Å². The van der Waals surface area contributed by atoms with Crippen LogP contribution < -0.4 is 5.32 Å². The molecule has 0 saturated carbocycles. The van der Waals surface area contributed by atoms with E-state index in [1.54, 1.807) is 17.4 Å². The van der Waals surface area contributed by atoms with Crippen molar-refractivity contribution in [1.29, 1.82) is 0 Å². The second-order valence-electron chi connectivity index (χ2n) is 4.86. The summed E-state index contributed by atoms with van der Waals surface area (Å²) in [5.41, 5.74) is 1.93. The number of hydrogen-bond acceptors (Lipinski definition) is 2. The number of aromatic amines is 1. The Morgan fingerprint density at radius 1 is 1.33 bits per heavy atom. The van der Waals surface area contributed by atoms with Crippen molar-refractivity contribution in [3.8, 4) is 0 Å². The van der Waals surface area contributed by atoms with Gasteiger partial charge in [-0.25, -0.2) is 4.39 Å². The maximum Gasteiger partial charge on any atom is 0.225 e. The number of hydrogen-bond donors (Lipinski definition) is 2. The zero-order valence-corrected chi connectivity index (χ0v) is 12.2. The first-order valence-electron chi connectivity index (χ1n) is 6.77. The highest BCUT2D eigenvalue weighted by Crippen LogP contribution is 2.19. The number of halogens is 1. The fourth-order valence-electron chi connectivity index (χ4n) is 2.33. The molecule has 0 fully saturated rings. The number of H-pyrrole nitrogens is 1. The number of benzene rings is 1. The lowest BCUT2D eigenvalue weighted by molar-refractivity contribution is -0.120. The van der Waals surface area contributed by atoms with Crippen LogP contribution in [0, 0.1) is 5.82 Å². The molecule has 0 aliphatic carbocycles. The smallest absolute Gasteiger partial charge is 0.225 e. The Bertz CT molecular complexity index is 749. The van der Waals surface area contributed by atoms with Crippen molar-refractivity contribution in [2.24, 2.45) is 0 Å². The number of carbonyl (C=O) groups is 1. The molecule has 2 heterocycles. The highest BCUT2D eigenvalue weighted by molar-refractivity contribution is 7.10. The molecule has 2 N–H and O–H groups in total.